The number of fused-ring (bicyclic) bond motifs is 1. The van der Waals surface area contributed by atoms with Crippen LogP contribution in [-0.2, 0) is 0 Å². The van der Waals surface area contributed by atoms with Gasteiger partial charge in [0.25, 0.3) is 5.91 Å². The van der Waals surface area contributed by atoms with Crippen molar-refractivity contribution in [1.29, 1.82) is 0 Å². The van der Waals surface area contributed by atoms with E-state index in [1.54, 1.807) is 42.9 Å². The molecular weight excluding hydrogens is 346 g/mol. The Morgan fingerprint density at radius 3 is 2.62 bits per heavy atom. The lowest BCUT2D eigenvalue weighted by atomic mass is 10.1. The molecule has 0 fully saturated rings. The predicted octanol–water partition coefficient (Wildman–Crippen LogP) is 4.51. The summed E-state index contributed by atoms with van der Waals surface area (Å²) in [6.07, 6.45) is 3.43. The van der Waals surface area contributed by atoms with E-state index in [4.69, 9.17) is 4.74 Å². The van der Waals surface area contributed by atoms with Gasteiger partial charge < -0.3 is 10.1 Å². The van der Waals surface area contributed by atoms with Crippen molar-refractivity contribution in [2.24, 2.45) is 0 Å². The first-order valence-corrected chi connectivity index (χ1v) is 8.91. The Hall–Kier alpha value is -3.25. The van der Waals surface area contributed by atoms with Crippen molar-refractivity contribution >= 4 is 27.5 Å². The molecule has 5 nitrogen and oxygen atoms in total. The van der Waals surface area contributed by atoms with Gasteiger partial charge >= 0.3 is 0 Å². The highest BCUT2D eigenvalue weighted by Gasteiger charge is 2.07. The average molecular weight is 361 g/mol. The molecule has 0 saturated heterocycles. The Kier molecular flexibility index (Phi) is 4.33. The standard InChI is InChI=1S/C20H15N3O2S/c1-21-20(24)14-4-2-13(3-5-14)16-7-6-15(12-23-16)25-18-8-10-22-17-9-11-26-19(17)18/h2-12H,1H3,(H,21,24). The summed E-state index contributed by atoms with van der Waals surface area (Å²) in [4.78, 5) is 20.4. The molecule has 3 heterocycles. The SMILES string of the molecule is CNC(=O)c1ccc(-c2ccc(Oc3ccnc4ccsc34)cn2)cc1. The van der Waals surface area contributed by atoms with E-state index in [1.165, 1.54) is 0 Å². The summed E-state index contributed by atoms with van der Waals surface area (Å²) in [7, 11) is 1.61. The monoisotopic (exact) mass is 361 g/mol. The summed E-state index contributed by atoms with van der Waals surface area (Å²) in [6.45, 7) is 0. The van der Waals surface area contributed by atoms with Crippen molar-refractivity contribution in [2.75, 3.05) is 7.05 Å². The normalized spacial score (nSPS) is 10.7. The van der Waals surface area contributed by atoms with E-state index < -0.39 is 0 Å². The van der Waals surface area contributed by atoms with Crippen LogP contribution in [0.4, 0.5) is 0 Å². The maximum absolute atomic E-state index is 11.6. The highest BCUT2D eigenvalue weighted by atomic mass is 32.1. The van der Waals surface area contributed by atoms with Crippen molar-refractivity contribution in [3.8, 4) is 22.8 Å². The number of nitrogens with one attached hydrogen (secondary N) is 1. The van der Waals surface area contributed by atoms with E-state index in [0.29, 0.717) is 11.3 Å². The number of benzene rings is 1. The summed E-state index contributed by atoms with van der Waals surface area (Å²) in [5, 5.41) is 4.60. The van der Waals surface area contributed by atoms with Gasteiger partial charge in [0.2, 0.25) is 0 Å². The maximum Gasteiger partial charge on any atom is 0.251 e. The van der Waals surface area contributed by atoms with Gasteiger partial charge in [-0.25, -0.2) is 0 Å². The fourth-order valence-corrected chi connectivity index (χ4v) is 3.41. The third-order valence-electron chi connectivity index (χ3n) is 3.94. The summed E-state index contributed by atoms with van der Waals surface area (Å²) in [5.41, 5.74) is 3.30. The summed E-state index contributed by atoms with van der Waals surface area (Å²) >= 11 is 1.60. The Labute approximate surface area is 154 Å². The van der Waals surface area contributed by atoms with Crippen LogP contribution in [0.3, 0.4) is 0 Å². The first kappa shape index (κ1) is 16.2. The zero-order chi connectivity index (χ0) is 17.9. The Balaban J connectivity index is 1.55. The van der Waals surface area contributed by atoms with E-state index in [0.717, 1.165) is 27.2 Å². The minimum absolute atomic E-state index is 0.106. The van der Waals surface area contributed by atoms with Gasteiger partial charge in [0.1, 0.15) is 11.5 Å². The molecular formula is C20H15N3O2S. The fourth-order valence-electron chi connectivity index (χ4n) is 2.60. The predicted molar refractivity (Wildman–Crippen MR) is 103 cm³/mol. The molecule has 3 aromatic heterocycles. The number of carbonyl (C=O) groups is 1. The van der Waals surface area contributed by atoms with Crippen LogP contribution < -0.4 is 10.1 Å². The van der Waals surface area contributed by atoms with Crippen LogP contribution in [0.5, 0.6) is 11.5 Å². The zero-order valence-corrected chi connectivity index (χ0v) is 14.8. The largest absolute Gasteiger partial charge is 0.454 e. The minimum Gasteiger partial charge on any atom is -0.454 e. The van der Waals surface area contributed by atoms with E-state index in [-0.39, 0.29) is 5.91 Å². The molecule has 0 unspecified atom stereocenters. The number of aromatic nitrogens is 2. The molecule has 6 heteroatoms. The molecule has 1 amide bonds. The number of carbonyl (C=O) groups excluding carboxylic acids is 1. The summed E-state index contributed by atoms with van der Waals surface area (Å²) in [5.74, 6) is 1.33. The quantitative estimate of drug-likeness (QED) is 0.581. The molecule has 0 radical (unpaired) electrons. The van der Waals surface area contributed by atoms with E-state index in [2.05, 4.69) is 15.3 Å². The van der Waals surface area contributed by atoms with Crippen molar-refractivity contribution in [2.45, 2.75) is 0 Å². The molecule has 0 saturated carbocycles. The van der Waals surface area contributed by atoms with Gasteiger partial charge in [0.15, 0.2) is 0 Å². The average Bonchev–Trinajstić information content (AvgIpc) is 3.18. The topological polar surface area (TPSA) is 64.1 Å². The first-order valence-electron chi connectivity index (χ1n) is 8.03. The van der Waals surface area contributed by atoms with Gasteiger partial charge in [-0.2, -0.15) is 0 Å². The van der Waals surface area contributed by atoms with Crippen LogP contribution >= 0.6 is 11.3 Å². The molecule has 0 aliphatic heterocycles. The highest BCUT2D eigenvalue weighted by molar-refractivity contribution is 7.17. The van der Waals surface area contributed by atoms with Crippen molar-refractivity contribution in [3.63, 3.8) is 0 Å². The Morgan fingerprint density at radius 1 is 1.04 bits per heavy atom. The van der Waals surface area contributed by atoms with Crippen LogP contribution in [0.2, 0.25) is 0 Å². The number of amides is 1. The Morgan fingerprint density at radius 2 is 1.88 bits per heavy atom. The van der Waals surface area contributed by atoms with Gasteiger partial charge in [-0.3, -0.25) is 14.8 Å². The molecule has 4 aromatic rings. The van der Waals surface area contributed by atoms with E-state index in [1.807, 2.05) is 41.8 Å². The third-order valence-corrected chi connectivity index (χ3v) is 4.86. The van der Waals surface area contributed by atoms with Crippen LogP contribution in [0.15, 0.2) is 66.3 Å². The van der Waals surface area contributed by atoms with Crippen molar-refractivity contribution in [3.05, 3.63) is 71.9 Å². The number of hydrogen-bond donors (Lipinski definition) is 1. The number of nitrogens with zero attached hydrogens (tertiary/aromatic N) is 2. The molecule has 4 rings (SSSR count). The van der Waals surface area contributed by atoms with Gasteiger partial charge in [0, 0.05) is 30.4 Å². The van der Waals surface area contributed by atoms with Gasteiger partial charge in [-0.05, 0) is 35.7 Å². The van der Waals surface area contributed by atoms with Crippen LogP contribution in [-0.4, -0.2) is 22.9 Å². The van der Waals surface area contributed by atoms with Gasteiger partial charge in [0.05, 0.1) is 22.1 Å². The number of rotatable bonds is 4. The highest BCUT2D eigenvalue weighted by Crippen LogP contribution is 2.32. The Bertz CT molecular complexity index is 1060. The zero-order valence-electron chi connectivity index (χ0n) is 14.0. The molecule has 0 atom stereocenters. The summed E-state index contributed by atoms with van der Waals surface area (Å²) < 4.78 is 6.98. The molecule has 0 aliphatic rings. The minimum atomic E-state index is -0.106. The van der Waals surface area contributed by atoms with Gasteiger partial charge in [-0.1, -0.05) is 12.1 Å². The maximum atomic E-state index is 11.6. The molecule has 128 valence electrons. The number of pyridine rings is 2. The third kappa shape index (κ3) is 3.14. The second-order valence-corrected chi connectivity index (χ2v) is 6.50. The molecule has 0 bridgehead atoms. The van der Waals surface area contributed by atoms with Crippen molar-refractivity contribution < 1.29 is 9.53 Å². The van der Waals surface area contributed by atoms with Crippen LogP contribution in [0, 0.1) is 0 Å². The number of thiophene rings is 1. The second-order valence-electron chi connectivity index (χ2n) is 5.58. The molecule has 0 aliphatic carbocycles. The molecule has 0 spiro atoms. The lowest BCUT2D eigenvalue weighted by Gasteiger charge is -2.07. The van der Waals surface area contributed by atoms with E-state index >= 15 is 0 Å². The van der Waals surface area contributed by atoms with Crippen molar-refractivity contribution in [1.82, 2.24) is 15.3 Å². The van der Waals surface area contributed by atoms with Crippen LogP contribution in [0.1, 0.15) is 10.4 Å². The lowest BCUT2D eigenvalue weighted by molar-refractivity contribution is 0.0963. The molecule has 1 aromatic carbocycles. The first-order chi connectivity index (χ1) is 12.7. The fraction of sp³-hybridized carbons (Fsp3) is 0.0500. The number of ether oxygens (including phenoxy) is 1. The smallest absolute Gasteiger partial charge is 0.251 e. The molecule has 1 N–H and O–H groups in total. The second kappa shape index (κ2) is 6.93. The van der Waals surface area contributed by atoms with Gasteiger partial charge in [-0.15, -0.1) is 11.3 Å². The van der Waals surface area contributed by atoms with E-state index in [9.17, 15) is 4.79 Å². The summed E-state index contributed by atoms with van der Waals surface area (Å²) in [6, 6.07) is 14.9. The number of hydrogen-bond acceptors (Lipinski definition) is 5. The van der Waals surface area contributed by atoms with Crippen LogP contribution in [0.25, 0.3) is 21.5 Å². The lowest BCUT2D eigenvalue weighted by Crippen LogP contribution is -2.17. The molecule has 26 heavy (non-hydrogen) atoms.